The number of aliphatic carboxylic acids is 1. The van der Waals surface area contributed by atoms with Gasteiger partial charge in [-0.3, -0.25) is 14.5 Å². The number of carbonyl (C=O) groups is 2. The molecule has 1 aliphatic rings. The first-order chi connectivity index (χ1) is 11.0. The summed E-state index contributed by atoms with van der Waals surface area (Å²) >= 11 is 0. The van der Waals surface area contributed by atoms with Gasteiger partial charge in [-0.2, -0.15) is 0 Å². The SMILES string of the molecule is CC(C(=O)O)N(C)CC(=O)N1c2ccc(S(N)(=O)=O)cc2CC1C.Cl. The summed E-state index contributed by atoms with van der Waals surface area (Å²) in [4.78, 5) is 26.6. The minimum absolute atomic E-state index is 0. The molecule has 2 atom stereocenters. The van der Waals surface area contributed by atoms with Crippen molar-refractivity contribution in [3.8, 4) is 0 Å². The number of benzene rings is 1. The molecule has 1 aromatic carbocycles. The topological polar surface area (TPSA) is 121 Å². The van der Waals surface area contributed by atoms with E-state index in [9.17, 15) is 18.0 Å². The van der Waals surface area contributed by atoms with E-state index in [2.05, 4.69) is 0 Å². The Balaban J connectivity index is 0.00000312. The highest BCUT2D eigenvalue weighted by molar-refractivity contribution is 7.89. The second kappa shape index (κ2) is 7.69. The summed E-state index contributed by atoms with van der Waals surface area (Å²) in [5, 5.41) is 14.1. The number of hydrogen-bond acceptors (Lipinski definition) is 5. The van der Waals surface area contributed by atoms with Gasteiger partial charge in [-0.25, -0.2) is 13.6 Å². The summed E-state index contributed by atoms with van der Waals surface area (Å²) in [7, 11) is -2.22. The molecule has 2 unspecified atom stereocenters. The molecule has 1 aliphatic heterocycles. The quantitative estimate of drug-likeness (QED) is 0.751. The molecular weight excluding hydrogens is 370 g/mol. The average molecular weight is 392 g/mol. The van der Waals surface area contributed by atoms with E-state index >= 15 is 0 Å². The summed E-state index contributed by atoms with van der Waals surface area (Å²) in [6.07, 6.45) is 0.516. The van der Waals surface area contributed by atoms with Crippen LogP contribution in [0.15, 0.2) is 23.1 Å². The van der Waals surface area contributed by atoms with Crippen LogP contribution in [0.3, 0.4) is 0 Å². The largest absolute Gasteiger partial charge is 0.480 e. The van der Waals surface area contributed by atoms with Crippen molar-refractivity contribution in [3.05, 3.63) is 23.8 Å². The fraction of sp³-hybridized carbons (Fsp3) is 0.467. The number of rotatable bonds is 5. The molecule has 25 heavy (non-hydrogen) atoms. The van der Waals surface area contributed by atoms with E-state index in [4.69, 9.17) is 10.2 Å². The Labute approximate surface area is 153 Å². The molecule has 10 heteroatoms. The lowest BCUT2D eigenvalue weighted by molar-refractivity contribution is -0.142. The van der Waals surface area contributed by atoms with Crippen LogP contribution in [0.1, 0.15) is 19.4 Å². The van der Waals surface area contributed by atoms with Crippen LogP contribution >= 0.6 is 12.4 Å². The number of carboxylic acid groups (broad SMARTS) is 1. The zero-order valence-corrected chi connectivity index (χ0v) is 15.8. The highest BCUT2D eigenvalue weighted by Crippen LogP contribution is 2.33. The van der Waals surface area contributed by atoms with Crippen molar-refractivity contribution in [2.75, 3.05) is 18.5 Å². The Kier molecular flexibility index (Phi) is 6.57. The predicted molar refractivity (Wildman–Crippen MR) is 95.4 cm³/mol. The Morgan fingerprint density at radius 1 is 1.44 bits per heavy atom. The van der Waals surface area contributed by atoms with Gasteiger partial charge in [0.25, 0.3) is 0 Å². The molecule has 0 bridgehead atoms. The minimum Gasteiger partial charge on any atom is -0.480 e. The molecule has 0 radical (unpaired) electrons. The van der Waals surface area contributed by atoms with Crippen molar-refractivity contribution in [3.63, 3.8) is 0 Å². The van der Waals surface area contributed by atoms with Crippen molar-refractivity contribution < 1.29 is 23.1 Å². The fourth-order valence-corrected chi connectivity index (χ4v) is 3.34. The van der Waals surface area contributed by atoms with Crippen LogP contribution in [-0.2, 0) is 26.0 Å². The summed E-state index contributed by atoms with van der Waals surface area (Å²) in [5.74, 6) is -1.24. The third-order valence-corrected chi connectivity index (χ3v) is 5.18. The van der Waals surface area contributed by atoms with Gasteiger partial charge in [0.1, 0.15) is 6.04 Å². The molecular formula is C15H22ClN3O5S. The predicted octanol–water partition coefficient (Wildman–Crippen LogP) is 0.438. The van der Waals surface area contributed by atoms with Crippen LogP contribution in [0.25, 0.3) is 0 Å². The van der Waals surface area contributed by atoms with Crippen LogP contribution < -0.4 is 10.0 Å². The highest BCUT2D eigenvalue weighted by Gasteiger charge is 2.33. The molecule has 0 fully saturated rings. The molecule has 8 nitrogen and oxygen atoms in total. The van der Waals surface area contributed by atoms with Crippen molar-refractivity contribution in [1.29, 1.82) is 0 Å². The van der Waals surface area contributed by atoms with Crippen LogP contribution in [0.2, 0.25) is 0 Å². The van der Waals surface area contributed by atoms with Crippen LogP contribution in [-0.4, -0.2) is 56.0 Å². The molecule has 0 saturated heterocycles. The Hall–Kier alpha value is -1.68. The second-order valence-electron chi connectivity index (χ2n) is 6.08. The maximum Gasteiger partial charge on any atom is 0.320 e. The summed E-state index contributed by atoms with van der Waals surface area (Å²) in [6, 6.07) is 3.50. The maximum atomic E-state index is 12.6. The first kappa shape index (κ1) is 21.4. The van der Waals surface area contributed by atoms with Crippen LogP contribution in [0.4, 0.5) is 5.69 Å². The number of primary sulfonamides is 1. The molecule has 2 rings (SSSR count). The Bertz CT molecular complexity index is 783. The van der Waals surface area contributed by atoms with Crippen LogP contribution in [0, 0.1) is 0 Å². The van der Waals surface area contributed by atoms with Gasteiger partial charge in [-0.1, -0.05) is 0 Å². The first-order valence-corrected chi connectivity index (χ1v) is 8.98. The molecule has 0 aliphatic carbocycles. The normalized spacial score (nSPS) is 17.8. The van der Waals surface area contributed by atoms with Crippen molar-refractivity contribution in [1.82, 2.24) is 4.90 Å². The lowest BCUT2D eigenvalue weighted by atomic mass is 10.1. The zero-order valence-electron chi connectivity index (χ0n) is 14.2. The standard InChI is InChI=1S/C15H21N3O5S.ClH/c1-9-6-11-7-12(24(16,22)23)4-5-13(11)18(9)14(19)8-17(3)10(2)15(20)21;/h4-5,7,9-10H,6,8H2,1-3H3,(H,20,21)(H2,16,22,23);1H. The Morgan fingerprint density at radius 2 is 2.04 bits per heavy atom. The summed E-state index contributed by atoms with van der Waals surface area (Å²) in [5.41, 5.74) is 1.37. The second-order valence-corrected chi connectivity index (χ2v) is 7.64. The minimum atomic E-state index is -3.80. The van der Waals surface area contributed by atoms with E-state index in [0.717, 1.165) is 5.56 Å². The van der Waals surface area contributed by atoms with Gasteiger partial charge in [0.2, 0.25) is 15.9 Å². The molecule has 0 spiro atoms. The number of nitrogens with zero attached hydrogens (tertiary/aromatic N) is 2. The van der Waals surface area contributed by atoms with E-state index in [1.807, 2.05) is 6.92 Å². The first-order valence-electron chi connectivity index (χ1n) is 7.43. The smallest absolute Gasteiger partial charge is 0.320 e. The summed E-state index contributed by atoms with van der Waals surface area (Å²) < 4.78 is 22.9. The van der Waals surface area contributed by atoms with E-state index in [0.29, 0.717) is 12.1 Å². The zero-order chi connectivity index (χ0) is 18.2. The van der Waals surface area contributed by atoms with E-state index in [-0.39, 0.29) is 35.8 Å². The number of nitrogens with two attached hydrogens (primary N) is 1. The fourth-order valence-electron chi connectivity index (χ4n) is 2.78. The maximum absolute atomic E-state index is 12.6. The molecule has 1 aromatic rings. The number of fused-ring (bicyclic) bond motifs is 1. The molecule has 1 amide bonds. The molecule has 140 valence electrons. The third kappa shape index (κ3) is 4.49. The van der Waals surface area contributed by atoms with Gasteiger partial charge < -0.3 is 10.0 Å². The molecule has 0 aromatic heterocycles. The number of sulfonamides is 1. The Morgan fingerprint density at radius 3 is 2.56 bits per heavy atom. The van der Waals surface area contributed by atoms with Crippen molar-refractivity contribution in [2.45, 2.75) is 37.2 Å². The van der Waals surface area contributed by atoms with Crippen molar-refractivity contribution >= 4 is 40.0 Å². The van der Waals surface area contributed by atoms with Gasteiger partial charge in [0, 0.05) is 11.7 Å². The van der Waals surface area contributed by atoms with E-state index in [1.54, 1.807) is 18.0 Å². The highest BCUT2D eigenvalue weighted by atomic mass is 35.5. The number of amides is 1. The number of carbonyl (C=O) groups excluding carboxylic acids is 1. The lowest BCUT2D eigenvalue weighted by Crippen LogP contribution is -2.46. The number of anilines is 1. The lowest BCUT2D eigenvalue weighted by Gasteiger charge is -2.27. The van der Waals surface area contributed by atoms with Gasteiger partial charge in [-0.05, 0) is 51.1 Å². The summed E-state index contributed by atoms with van der Waals surface area (Å²) in [6.45, 7) is 3.32. The molecule has 0 saturated carbocycles. The average Bonchev–Trinajstić information content (AvgIpc) is 2.79. The molecule has 3 N–H and O–H groups in total. The molecule has 1 heterocycles. The van der Waals surface area contributed by atoms with Crippen LogP contribution in [0.5, 0.6) is 0 Å². The van der Waals surface area contributed by atoms with Gasteiger partial charge in [-0.15, -0.1) is 12.4 Å². The van der Waals surface area contributed by atoms with Gasteiger partial charge in [0.15, 0.2) is 0 Å². The number of likely N-dealkylation sites (N-methyl/N-ethyl adjacent to an activating group) is 1. The monoisotopic (exact) mass is 391 g/mol. The van der Waals surface area contributed by atoms with E-state index in [1.165, 1.54) is 24.0 Å². The number of hydrogen-bond donors (Lipinski definition) is 2. The van der Waals surface area contributed by atoms with E-state index < -0.39 is 22.0 Å². The third-order valence-electron chi connectivity index (χ3n) is 4.27. The number of carboxylic acids is 1. The van der Waals surface area contributed by atoms with Gasteiger partial charge in [0.05, 0.1) is 11.4 Å². The number of halogens is 1. The van der Waals surface area contributed by atoms with Gasteiger partial charge >= 0.3 is 5.97 Å². The van der Waals surface area contributed by atoms with Crippen molar-refractivity contribution in [2.24, 2.45) is 5.14 Å².